The number of amides is 1. The van der Waals surface area contributed by atoms with E-state index in [1.54, 1.807) is 6.07 Å². The van der Waals surface area contributed by atoms with Gasteiger partial charge in [-0.2, -0.15) is 0 Å². The molecule has 1 N–H and O–H groups in total. The molecule has 1 heterocycles. The summed E-state index contributed by atoms with van der Waals surface area (Å²) < 4.78 is 7.71. The smallest absolute Gasteiger partial charge is 0.224 e. The SMILES string of the molecule is Cc1cc(=O)c(OCc2ccccc2)c(CNC(=O)C2CC2)n1C. The van der Waals surface area contributed by atoms with Crippen LogP contribution in [0, 0.1) is 12.8 Å². The maximum Gasteiger partial charge on any atom is 0.224 e. The van der Waals surface area contributed by atoms with Gasteiger partial charge in [0.2, 0.25) is 11.3 Å². The van der Waals surface area contributed by atoms with Crippen LogP contribution in [0.1, 0.15) is 29.8 Å². The van der Waals surface area contributed by atoms with E-state index in [-0.39, 0.29) is 17.3 Å². The maximum absolute atomic E-state index is 12.4. The highest BCUT2D eigenvalue weighted by Gasteiger charge is 2.29. The molecule has 1 fully saturated rings. The van der Waals surface area contributed by atoms with E-state index in [1.165, 1.54) is 0 Å². The third-order valence-electron chi connectivity index (χ3n) is 4.36. The predicted molar refractivity (Wildman–Crippen MR) is 91.8 cm³/mol. The summed E-state index contributed by atoms with van der Waals surface area (Å²) in [6.45, 7) is 2.49. The van der Waals surface area contributed by atoms with Gasteiger partial charge < -0.3 is 14.6 Å². The third kappa shape index (κ3) is 3.67. The van der Waals surface area contributed by atoms with Crippen molar-refractivity contribution >= 4 is 5.91 Å². The Kier molecular flexibility index (Phi) is 4.69. The second-order valence-corrected chi connectivity index (χ2v) is 6.25. The number of nitrogens with zero attached hydrogens (tertiary/aromatic N) is 1. The van der Waals surface area contributed by atoms with Gasteiger partial charge >= 0.3 is 0 Å². The van der Waals surface area contributed by atoms with E-state index in [0.717, 1.165) is 24.1 Å². The Labute approximate surface area is 141 Å². The number of rotatable bonds is 6. The quantitative estimate of drug-likeness (QED) is 0.886. The molecule has 0 aliphatic heterocycles. The lowest BCUT2D eigenvalue weighted by Gasteiger charge is -2.17. The van der Waals surface area contributed by atoms with Gasteiger partial charge in [0.15, 0.2) is 5.75 Å². The molecule has 24 heavy (non-hydrogen) atoms. The van der Waals surface area contributed by atoms with Crippen LogP contribution in [-0.2, 0) is 25.0 Å². The normalized spacial score (nSPS) is 13.6. The topological polar surface area (TPSA) is 60.3 Å². The molecular weight excluding hydrogens is 304 g/mol. The van der Waals surface area contributed by atoms with E-state index in [4.69, 9.17) is 4.74 Å². The number of ether oxygens (including phenoxy) is 1. The van der Waals surface area contributed by atoms with Crippen LogP contribution in [0.4, 0.5) is 0 Å². The fourth-order valence-corrected chi connectivity index (χ4v) is 2.60. The van der Waals surface area contributed by atoms with E-state index in [1.807, 2.05) is 48.9 Å². The molecule has 1 aliphatic rings. The number of pyridine rings is 1. The van der Waals surface area contributed by atoms with Crippen LogP contribution in [0.15, 0.2) is 41.2 Å². The van der Waals surface area contributed by atoms with Crippen molar-refractivity contribution in [3.63, 3.8) is 0 Å². The predicted octanol–water partition coefficient (Wildman–Crippen LogP) is 2.30. The summed E-state index contributed by atoms with van der Waals surface area (Å²) in [4.78, 5) is 24.3. The number of benzene rings is 1. The molecule has 0 radical (unpaired) electrons. The Morgan fingerprint density at radius 3 is 2.67 bits per heavy atom. The van der Waals surface area contributed by atoms with Gasteiger partial charge in [-0.1, -0.05) is 30.3 Å². The third-order valence-corrected chi connectivity index (χ3v) is 4.36. The van der Waals surface area contributed by atoms with Gasteiger partial charge in [0.05, 0.1) is 12.2 Å². The summed E-state index contributed by atoms with van der Waals surface area (Å²) in [6, 6.07) is 11.3. The van der Waals surface area contributed by atoms with Gasteiger partial charge in [0.1, 0.15) is 6.61 Å². The molecule has 1 aromatic heterocycles. The van der Waals surface area contributed by atoms with Crippen LogP contribution in [0.25, 0.3) is 0 Å². The molecule has 1 saturated carbocycles. The molecule has 0 atom stereocenters. The zero-order chi connectivity index (χ0) is 17.1. The van der Waals surface area contributed by atoms with Crippen molar-refractivity contribution in [3.05, 3.63) is 63.6 Å². The molecule has 0 saturated heterocycles. The van der Waals surface area contributed by atoms with Gasteiger partial charge in [-0.15, -0.1) is 0 Å². The largest absolute Gasteiger partial charge is 0.483 e. The van der Waals surface area contributed by atoms with Crippen LogP contribution in [0.5, 0.6) is 5.75 Å². The first-order valence-corrected chi connectivity index (χ1v) is 8.20. The Morgan fingerprint density at radius 2 is 2.00 bits per heavy atom. The van der Waals surface area contributed by atoms with Gasteiger partial charge in [-0.25, -0.2) is 0 Å². The molecule has 126 valence electrons. The first-order valence-electron chi connectivity index (χ1n) is 8.20. The summed E-state index contributed by atoms with van der Waals surface area (Å²) in [5.74, 6) is 0.501. The first kappa shape index (κ1) is 16.3. The van der Waals surface area contributed by atoms with Crippen molar-refractivity contribution in [2.45, 2.75) is 32.9 Å². The Morgan fingerprint density at radius 1 is 1.29 bits per heavy atom. The van der Waals surface area contributed by atoms with Crippen molar-refractivity contribution in [3.8, 4) is 5.75 Å². The lowest BCUT2D eigenvalue weighted by Crippen LogP contribution is -2.28. The second-order valence-electron chi connectivity index (χ2n) is 6.25. The summed E-state index contributed by atoms with van der Waals surface area (Å²) >= 11 is 0. The molecule has 3 rings (SSSR count). The molecule has 1 amide bonds. The Hall–Kier alpha value is -2.56. The number of carbonyl (C=O) groups excluding carboxylic acids is 1. The fraction of sp³-hybridized carbons (Fsp3) is 0.368. The number of hydrogen-bond donors (Lipinski definition) is 1. The van der Waals surface area contributed by atoms with Crippen LogP contribution in [0.2, 0.25) is 0 Å². The van der Waals surface area contributed by atoms with Gasteiger partial charge in [0.25, 0.3) is 0 Å². The van der Waals surface area contributed by atoms with Crippen molar-refractivity contribution in [2.24, 2.45) is 13.0 Å². The number of hydrogen-bond acceptors (Lipinski definition) is 3. The van der Waals surface area contributed by atoms with Crippen molar-refractivity contribution in [1.82, 2.24) is 9.88 Å². The average molecular weight is 326 g/mol. The van der Waals surface area contributed by atoms with E-state index < -0.39 is 0 Å². The number of nitrogens with one attached hydrogen (secondary N) is 1. The van der Waals surface area contributed by atoms with Crippen LogP contribution < -0.4 is 15.5 Å². The van der Waals surface area contributed by atoms with Crippen LogP contribution >= 0.6 is 0 Å². The molecule has 1 aromatic carbocycles. The lowest BCUT2D eigenvalue weighted by atomic mass is 10.2. The lowest BCUT2D eigenvalue weighted by molar-refractivity contribution is -0.122. The Balaban J connectivity index is 1.81. The second kappa shape index (κ2) is 6.91. The summed E-state index contributed by atoms with van der Waals surface area (Å²) in [7, 11) is 1.88. The fourth-order valence-electron chi connectivity index (χ4n) is 2.60. The molecule has 5 nitrogen and oxygen atoms in total. The highest BCUT2D eigenvalue weighted by Crippen LogP contribution is 2.29. The first-order chi connectivity index (χ1) is 11.6. The molecule has 0 spiro atoms. The number of aromatic nitrogens is 1. The zero-order valence-electron chi connectivity index (χ0n) is 14.0. The van der Waals surface area contributed by atoms with E-state index in [2.05, 4.69) is 5.32 Å². The van der Waals surface area contributed by atoms with Crippen LogP contribution in [0.3, 0.4) is 0 Å². The van der Waals surface area contributed by atoms with Crippen LogP contribution in [-0.4, -0.2) is 10.5 Å². The minimum atomic E-state index is -0.155. The number of aryl methyl sites for hydroxylation is 1. The van der Waals surface area contributed by atoms with Crippen molar-refractivity contribution in [2.75, 3.05) is 0 Å². The minimum Gasteiger partial charge on any atom is -0.483 e. The van der Waals surface area contributed by atoms with E-state index >= 15 is 0 Å². The monoisotopic (exact) mass is 326 g/mol. The van der Waals surface area contributed by atoms with E-state index in [9.17, 15) is 9.59 Å². The standard InChI is InChI=1S/C19H22N2O3/c1-13-10-17(22)18(24-12-14-6-4-3-5-7-14)16(21(13)2)11-20-19(23)15-8-9-15/h3-7,10,15H,8-9,11-12H2,1-2H3,(H,20,23). The molecule has 0 unspecified atom stereocenters. The summed E-state index contributed by atoms with van der Waals surface area (Å²) in [6.07, 6.45) is 1.91. The average Bonchev–Trinajstić information content (AvgIpc) is 3.41. The van der Waals surface area contributed by atoms with Gasteiger partial charge in [-0.05, 0) is 25.3 Å². The van der Waals surface area contributed by atoms with Crippen molar-refractivity contribution in [1.29, 1.82) is 0 Å². The summed E-state index contributed by atoms with van der Waals surface area (Å²) in [5.41, 5.74) is 2.37. The van der Waals surface area contributed by atoms with Crippen molar-refractivity contribution < 1.29 is 9.53 Å². The molecular formula is C19H22N2O3. The van der Waals surface area contributed by atoms with E-state index in [0.29, 0.717) is 24.6 Å². The highest BCUT2D eigenvalue weighted by atomic mass is 16.5. The molecule has 2 aromatic rings. The molecule has 0 bridgehead atoms. The number of carbonyl (C=O) groups is 1. The zero-order valence-corrected chi connectivity index (χ0v) is 14.0. The highest BCUT2D eigenvalue weighted by molar-refractivity contribution is 5.80. The van der Waals surface area contributed by atoms with Gasteiger partial charge in [-0.3, -0.25) is 9.59 Å². The van der Waals surface area contributed by atoms with Gasteiger partial charge in [0, 0.05) is 24.7 Å². The minimum absolute atomic E-state index is 0.0537. The molecule has 1 aliphatic carbocycles. The maximum atomic E-state index is 12.4. The molecule has 5 heteroatoms. The Bertz CT molecular complexity index is 792. The summed E-state index contributed by atoms with van der Waals surface area (Å²) in [5, 5.41) is 2.92.